The normalized spacial score (nSPS) is 15.8. The molecule has 3 nitrogen and oxygen atoms in total. The van der Waals surface area contributed by atoms with Gasteiger partial charge < -0.3 is 9.80 Å². The summed E-state index contributed by atoms with van der Waals surface area (Å²) in [6.07, 6.45) is 1.37. The Morgan fingerprint density at radius 3 is 2.29 bits per heavy atom. The smallest absolute Gasteiger partial charge is 0.246 e. The lowest BCUT2D eigenvalue weighted by molar-refractivity contribution is -0.126. The van der Waals surface area contributed by atoms with Gasteiger partial charge in [-0.3, -0.25) is 4.79 Å². The molecule has 0 saturated carbocycles. The van der Waals surface area contributed by atoms with Crippen LogP contribution in [0.3, 0.4) is 0 Å². The molecule has 1 heterocycles. The van der Waals surface area contributed by atoms with Crippen molar-refractivity contribution in [3.8, 4) is 0 Å². The van der Waals surface area contributed by atoms with E-state index in [-0.39, 0.29) is 5.91 Å². The van der Waals surface area contributed by atoms with E-state index in [1.165, 1.54) is 6.08 Å². The highest BCUT2D eigenvalue weighted by atomic mass is 35.5. The second kappa shape index (κ2) is 5.23. The first-order valence-electron chi connectivity index (χ1n) is 5.62. The number of anilines is 1. The zero-order chi connectivity index (χ0) is 12.3. The first-order valence-corrected chi connectivity index (χ1v) is 6.00. The summed E-state index contributed by atoms with van der Waals surface area (Å²) in [6.45, 7) is 6.69. The highest BCUT2D eigenvalue weighted by Crippen LogP contribution is 2.19. The van der Waals surface area contributed by atoms with E-state index >= 15 is 0 Å². The van der Waals surface area contributed by atoms with Crippen LogP contribution in [0.25, 0.3) is 0 Å². The van der Waals surface area contributed by atoms with E-state index in [0.29, 0.717) is 0 Å². The first-order chi connectivity index (χ1) is 8.20. The van der Waals surface area contributed by atoms with Gasteiger partial charge in [0.1, 0.15) is 0 Å². The molecule has 2 rings (SSSR count). The van der Waals surface area contributed by atoms with Gasteiger partial charge in [-0.1, -0.05) is 18.2 Å². The Bertz CT molecular complexity index is 408. The molecule has 1 fully saturated rings. The number of amides is 1. The number of piperazine rings is 1. The lowest BCUT2D eigenvalue weighted by atomic mass is 10.2. The highest BCUT2D eigenvalue weighted by Gasteiger charge is 2.19. The average molecular weight is 251 g/mol. The van der Waals surface area contributed by atoms with E-state index < -0.39 is 0 Å². The fourth-order valence-corrected chi connectivity index (χ4v) is 2.09. The number of halogens is 1. The molecule has 0 unspecified atom stereocenters. The molecule has 17 heavy (non-hydrogen) atoms. The summed E-state index contributed by atoms with van der Waals surface area (Å²) in [7, 11) is 0. The molecule has 0 aromatic heterocycles. The van der Waals surface area contributed by atoms with Gasteiger partial charge in [0, 0.05) is 36.9 Å². The zero-order valence-corrected chi connectivity index (χ0v) is 10.4. The van der Waals surface area contributed by atoms with Gasteiger partial charge in [0.25, 0.3) is 0 Å². The maximum atomic E-state index is 11.4. The third-order valence-corrected chi connectivity index (χ3v) is 3.21. The minimum atomic E-state index is 0.0146. The molecule has 0 radical (unpaired) electrons. The molecule has 90 valence electrons. The van der Waals surface area contributed by atoms with Crippen molar-refractivity contribution in [1.29, 1.82) is 0 Å². The third-order valence-electron chi connectivity index (χ3n) is 2.96. The van der Waals surface area contributed by atoms with Crippen LogP contribution in [0.2, 0.25) is 5.02 Å². The molecular weight excluding hydrogens is 236 g/mol. The van der Waals surface area contributed by atoms with Crippen LogP contribution in [-0.2, 0) is 4.79 Å². The summed E-state index contributed by atoms with van der Waals surface area (Å²) in [5, 5.41) is 0.745. The zero-order valence-electron chi connectivity index (χ0n) is 9.60. The highest BCUT2D eigenvalue weighted by molar-refractivity contribution is 6.30. The Balaban J connectivity index is 1.97. The summed E-state index contributed by atoms with van der Waals surface area (Å²) in [5.41, 5.74) is 1.15. The molecule has 1 aliphatic heterocycles. The lowest BCUT2D eigenvalue weighted by Crippen LogP contribution is -2.48. The number of benzene rings is 1. The molecule has 0 bridgehead atoms. The van der Waals surface area contributed by atoms with Gasteiger partial charge in [-0.05, 0) is 30.3 Å². The Labute approximate surface area is 106 Å². The van der Waals surface area contributed by atoms with Gasteiger partial charge in [-0.15, -0.1) is 0 Å². The van der Waals surface area contributed by atoms with Crippen molar-refractivity contribution in [3.63, 3.8) is 0 Å². The van der Waals surface area contributed by atoms with Crippen LogP contribution in [0.5, 0.6) is 0 Å². The van der Waals surface area contributed by atoms with Crippen LogP contribution < -0.4 is 4.90 Å². The van der Waals surface area contributed by atoms with E-state index in [2.05, 4.69) is 11.5 Å². The maximum Gasteiger partial charge on any atom is 0.246 e. The van der Waals surface area contributed by atoms with Crippen molar-refractivity contribution < 1.29 is 4.79 Å². The summed E-state index contributed by atoms with van der Waals surface area (Å²) in [6, 6.07) is 7.79. The van der Waals surface area contributed by atoms with Crippen molar-refractivity contribution in [2.24, 2.45) is 0 Å². The topological polar surface area (TPSA) is 23.6 Å². The van der Waals surface area contributed by atoms with Crippen LogP contribution in [0.1, 0.15) is 0 Å². The Morgan fingerprint density at radius 1 is 1.18 bits per heavy atom. The largest absolute Gasteiger partial charge is 0.368 e. The number of rotatable bonds is 2. The molecule has 0 atom stereocenters. The van der Waals surface area contributed by atoms with Gasteiger partial charge in [-0.25, -0.2) is 0 Å². The van der Waals surface area contributed by atoms with Crippen LogP contribution >= 0.6 is 11.6 Å². The molecule has 0 spiro atoms. The SMILES string of the molecule is C=CC(=O)N1CCN(c2ccc(Cl)cc2)CC1. The second-order valence-corrected chi connectivity index (χ2v) is 4.43. The molecule has 1 aromatic carbocycles. The quantitative estimate of drug-likeness (QED) is 0.751. The maximum absolute atomic E-state index is 11.4. The fraction of sp³-hybridized carbons (Fsp3) is 0.308. The van der Waals surface area contributed by atoms with Gasteiger partial charge in [0.2, 0.25) is 5.91 Å². The predicted molar refractivity (Wildman–Crippen MR) is 70.4 cm³/mol. The molecule has 4 heteroatoms. The van der Waals surface area contributed by atoms with Crippen molar-refractivity contribution in [3.05, 3.63) is 41.9 Å². The first kappa shape index (κ1) is 12.0. The summed E-state index contributed by atoms with van der Waals surface area (Å²) >= 11 is 5.85. The van der Waals surface area contributed by atoms with Crippen molar-refractivity contribution in [1.82, 2.24) is 4.90 Å². The van der Waals surface area contributed by atoms with Crippen molar-refractivity contribution in [2.45, 2.75) is 0 Å². The van der Waals surface area contributed by atoms with Crippen molar-refractivity contribution >= 4 is 23.2 Å². The monoisotopic (exact) mass is 250 g/mol. The number of hydrogen-bond acceptors (Lipinski definition) is 2. The standard InChI is InChI=1S/C13H15ClN2O/c1-2-13(17)16-9-7-15(8-10-16)12-5-3-11(14)4-6-12/h2-6H,1,7-10H2. The Hall–Kier alpha value is -1.48. The van der Waals surface area contributed by atoms with E-state index in [4.69, 9.17) is 11.6 Å². The second-order valence-electron chi connectivity index (χ2n) is 3.99. The molecule has 1 amide bonds. The van der Waals surface area contributed by atoms with E-state index in [9.17, 15) is 4.79 Å². The van der Waals surface area contributed by atoms with Crippen LogP contribution in [-0.4, -0.2) is 37.0 Å². The molecular formula is C13H15ClN2O. The minimum Gasteiger partial charge on any atom is -0.368 e. The van der Waals surface area contributed by atoms with Crippen LogP contribution in [0, 0.1) is 0 Å². The summed E-state index contributed by atoms with van der Waals surface area (Å²) < 4.78 is 0. The third kappa shape index (κ3) is 2.80. The Morgan fingerprint density at radius 2 is 1.76 bits per heavy atom. The lowest BCUT2D eigenvalue weighted by Gasteiger charge is -2.35. The van der Waals surface area contributed by atoms with Crippen LogP contribution in [0.15, 0.2) is 36.9 Å². The molecule has 1 saturated heterocycles. The van der Waals surface area contributed by atoms with Gasteiger partial charge in [0.05, 0.1) is 0 Å². The van der Waals surface area contributed by atoms with E-state index in [0.717, 1.165) is 36.9 Å². The van der Waals surface area contributed by atoms with Crippen molar-refractivity contribution in [2.75, 3.05) is 31.1 Å². The van der Waals surface area contributed by atoms with Crippen LogP contribution in [0.4, 0.5) is 5.69 Å². The molecule has 0 aliphatic carbocycles. The number of carbonyl (C=O) groups excluding carboxylic acids is 1. The number of carbonyl (C=O) groups is 1. The Kier molecular flexibility index (Phi) is 3.69. The average Bonchev–Trinajstić information content (AvgIpc) is 2.39. The number of nitrogens with zero attached hydrogens (tertiary/aromatic N) is 2. The van der Waals surface area contributed by atoms with Gasteiger partial charge >= 0.3 is 0 Å². The molecule has 1 aromatic rings. The summed E-state index contributed by atoms with van der Waals surface area (Å²) in [4.78, 5) is 15.5. The summed E-state index contributed by atoms with van der Waals surface area (Å²) in [5.74, 6) is 0.0146. The van der Waals surface area contributed by atoms with E-state index in [1.807, 2.05) is 29.2 Å². The van der Waals surface area contributed by atoms with Gasteiger partial charge in [-0.2, -0.15) is 0 Å². The molecule has 1 aliphatic rings. The van der Waals surface area contributed by atoms with Gasteiger partial charge in [0.15, 0.2) is 0 Å². The molecule has 0 N–H and O–H groups in total. The number of hydrogen-bond donors (Lipinski definition) is 0. The minimum absolute atomic E-state index is 0.0146. The van der Waals surface area contributed by atoms with E-state index in [1.54, 1.807) is 0 Å². The predicted octanol–water partition coefficient (Wildman–Crippen LogP) is 2.17. The fourth-order valence-electron chi connectivity index (χ4n) is 1.97.